The minimum atomic E-state index is -5.72. The van der Waals surface area contributed by atoms with E-state index >= 15 is 0 Å². The van der Waals surface area contributed by atoms with E-state index in [1.807, 2.05) is 0 Å². The van der Waals surface area contributed by atoms with Crippen LogP contribution in [0.5, 0.6) is 0 Å². The van der Waals surface area contributed by atoms with Crippen LogP contribution in [0.4, 0.5) is 35.1 Å². The van der Waals surface area contributed by atoms with Crippen molar-refractivity contribution >= 4 is 17.3 Å². The fraction of sp³-hybridized carbons (Fsp3) is 0.318. The molecule has 0 unspecified atom stereocenters. The largest absolute Gasteiger partial charge is 0.422 e. The van der Waals surface area contributed by atoms with E-state index in [-0.39, 0.29) is 29.5 Å². The van der Waals surface area contributed by atoms with Crippen LogP contribution >= 0.6 is 0 Å². The number of carbonyl (C=O) groups is 3. The first-order valence-corrected chi connectivity index (χ1v) is 9.36. The van der Waals surface area contributed by atoms with Crippen LogP contribution in [0.2, 0.25) is 0 Å². The van der Waals surface area contributed by atoms with Gasteiger partial charge in [0.1, 0.15) is 28.7 Å². The third-order valence-corrected chi connectivity index (χ3v) is 4.57. The van der Waals surface area contributed by atoms with Crippen LogP contribution < -0.4 is 0 Å². The second kappa shape index (κ2) is 9.80. The van der Waals surface area contributed by atoms with Gasteiger partial charge in [0.15, 0.2) is 23.3 Å². The maximum absolute atomic E-state index is 14.5. The Labute approximate surface area is 182 Å². The lowest BCUT2D eigenvalue weighted by Crippen LogP contribution is -2.19. The Hall–Kier alpha value is -3.11. The van der Waals surface area contributed by atoms with Gasteiger partial charge in [-0.05, 0) is 30.5 Å². The summed E-state index contributed by atoms with van der Waals surface area (Å²) < 4.78 is 108. The van der Waals surface area contributed by atoms with Crippen molar-refractivity contribution in [3.05, 3.63) is 69.0 Å². The number of hydrogen-bond donors (Lipinski definition) is 0. The zero-order chi connectivity index (χ0) is 25.2. The number of benzene rings is 2. The van der Waals surface area contributed by atoms with Crippen LogP contribution in [-0.2, 0) is 46.2 Å². The Balaban J connectivity index is 2.42. The number of ketones is 3. The summed E-state index contributed by atoms with van der Waals surface area (Å²) in [5.74, 6) is -12.9. The van der Waals surface area contributed by atoms with Crippen molar-refractivity contribution in [2.24, 2.45) is 0 Å². The standard InChI is InChI=1S/C22H16F8O3/c1-9(31)3-12-5-11(6-13(17(12)23)4-10(2)32)7-14(33)8-15-18(24)20(26)16(22(28,29)30)21(27)19(15)25/h5-6H,3-4,7-8H2,1-2H3. The highest BCUT2D eigenvalue weighted by Gasteiger charge is 2.42. The van der Waals surface area contributed by atoms with Crippen molar-refractivity contribution < 1.29 is 49.5 Å². The van der Waals surface area contributed by atoms with Crippen molar-refractivity contribution in [2.45, 2.75) is 45.7 Å². The molecule has 0 aromatic heterocycles. The third-order valence-electron chi connectivity index (χ3n) is 4.57. The van der Waals surface area contributed by atoms with Crippen LogP contribution in [-0.4, -0.2) is 17.3 Å². The predicted octanol–water partition coefficient (Wildman–Crippen LogP) is 5.02. The number of rotatable bonds is 8. The SMILES string of the molecule is CC(=O)Cc1cc(CC(=O)Cc2c(F)c(F)c(C(F)(F)F)c(F)c2F)cc(CC(C)=O)c1F. The van der Waals surface area contributed by atoms with E-state index in [4.69, 9.17) is 0 Å². The molecule has 2 aromatic rings. The summed E-state index contributed by atoms with van der Waals surface area (Å²) in [6, 6.07) is 2.22. The molecule has 0 saturated carbocycles. The second-order valence-electron chi connectivity index (χ2n) is 7.49. The number of carbonyl (C=O) groups excluding carboxylic acids is 3. The third kappa shape index (κ3) is 6.02. The molecule has 33 heavy (non-hydrogen) atoms. The van der Waals surface area contributed by atoms with E-state index in [9.17, 15) is 49.5 Å². The van der Waals surface area contributed by atoms with Gasteiger partial charge >= 0.3 is 6.18 Å². The van der Waals surface area contributed by atoms with Gasteiger partial charge in [-0.1, -0.05) is 12.1 Å². The van der Waals surface area contributed by atoms with Gasteiger partial charge in [0, 0.05) is 31.2 Å². The Morgan fingerprint density at radius 2 is 1.09 bits per heavy atom. The molecule has 0 saturated heterocycles. The average molecular weight is 480 g/mol. The van der Waals surface area contributed by atoms with Crippen molar-refractivity contribution in [3.8, 4) is 0 Å². The van der Waals surface area contributed by atoms with E-state index in [1.165, 1.54) is 13.8 Å². The summed E-state index contributed by atoms with van der Waals surface area (Å²) in [5, 5.41) is 0. The molecule has 0 aliphatic heterocycles. The minimum Gasteiger partial charge on any atom is -0.300 e. The summed E-state index contributed by atoms with van der Waals surface area (Å²) in [6.07, 6.45) is -8.44. The van der Waals surface area contributed by atoms with Crippen LogP contribution in [0.3, 0.4) is 0 Å². The highest BCUT2D eigenvalue weighted by atomic mass is 19.4. The molecule has 0 aliphatic carbocycles. The number of hydrogen-bond acceptors (Lipinski definition) is 3. The normalized spacial score (nSPS) is 11.6. The van der Waals surface area contributed by atoms with Gasteiger partial charge in [0.2, 0.25) is 0 Å². The molecule has 2 aromatic carbocycles. The molecule has 0 spiro atoms. The van der Waals surface area contributed by atoms with E-state index < -0.39 is 76.6 Å². The predicted molar refractivity (Wildman–Crippen MR) is 98.9 cm³/mol. The highest BCUT2D eigenvalue weighted by Crippen LogP contribution is 2.37. The van der Waals surface area contributed by atoms with Gasteiger partial charge in [-0.2, -0.15) is 13.2 Å². The van der Waals surface area contributed by atoms with Crippen molar-refractivity contribution in [1.82, 2.24) is 0 Å². The van der Waals surface area contributed by atoms with Gasteiger partial charge in [-0.15, -0.1) is 0 Å². The molecule has 3 nitrogen and oxygen atoms in total. The second-order valence-corrected chi connectivity index (χ2v) is 7.49. The molecule has 0 heterocycles. The van der Waals surface area contributed by atoms with E-state index in [0.29, 0.717) is 0 Å². The minimum absolute atomic E-state index is 0.0302. The lowest BCUT2D eigenvalue weighted by molar-refractivity contribution is -0.143. The van der Waals surface area contributed by atoms with Gasteiger partial charge in [0.25, 0.3) is 0 Å². The van der Waals surface area contributed by atoms with Crippen molar-refractivity contribution in [2.75, 3.05) is 0 Å². The smallest absolute Gasteiger partial charge is 0.300 e. The fourth-order valence-corrected chi connectivity index (χ4v) is 3.29. The molecular formula is C22H16F8O3. The highest BCUT2D eigenvalue weighted by molar-refractivity contribution is 5.84. The van der Waals surface area contributed by atoms with Gasteiger partial charge < -0.3 is 0 Å². The maximum atomic E-state index is 14.5. The molecule has 0 bridgehead atoms. The fourth-order valence-electron chi connectivity index (χ4n) is 3.29. The monoisotopic (exact) mass is 480 g/mol. The molecular weight excluding hydrogens is 464 g/mol. The molecule has 0 fully saturated rings. The molecule has 0 atom stereocenters. The Kier molecular flexibility index (Phi) is 7.76. The first-order chi connectivity index (χ1) is 15.1. The summed E-state index contributed by atoms with van der Waals surface area (Å²) in [4.78, 5) is 35.1. The molecule has 11 heteroatoms. The van der Waals surface area contributed by atoms with Crippen molar-refractivity contribution in [3.63, 3.8) is 0 Å². The Morgan fingerprint density at radius 3 is 1.45 bits per heavy atom. The maximum Gasteiger partial charge on any atom is 0.422 e. The first-order valence-electron chi connectivity index (χ1n) is 9.36. The summed E-state index contributed by atoms with van der Waals surface area (Å²) in [6.45, 7) is 2.34. The van der Waals surface area contributed by atoms with Crippen LogP contribution in [0, 0.1) is 29.1 Å². The summed E-state index contributed by atoms with van der Waals surface area (Å²) in [7, 11) is 0. The Morgan fingerprint density at radius 1 is 0.667 bits per heavy atom. The topological polar surface area (TPSA) is 51.2 Å². The Bertz CT molecular complexity index is 1070. The van der Waals surface area contributed by atoms with Crippen LogP contribution in [0.25, 0.3) is 0 Å². The quantitative estimate of drug-likeness (QED) is 0.394. The summed E-state index contributed by atoms with van der Waals surface area (Å²) in [5.41, 5.74) is -4.54. The van der Waals surface area contributed by atoms with E-state index in [1.54, 1.807) is 0 Å². The molecule has 0 radical (unpaired) electrons. The van der Waals surface area contributed by atoms with E-state index in [0.717, 1.165) is 12.1 Å². The van der Waals surface area contributed by atoms with Crippen molar-refractivity contribution in [1.29, 1.82) is 0 Å². The molecule has 0 N–H and O–H groups in total. The molecule has 2 rings (SSSR count). The first kappa shape index (κ1) is 26.1. The summed E-state index contributed by atoms with van der Waals surface area (Å²) >= 11 is 0. The molecule has 0 aliphatic rings. The zero-order valence-corrected chi connectivity index (χ0v) is 17.2. The number of Topliss-reactive ketones (excluding diaryl/α,β-unsaturated/α-hetero) is 3. The van der Waals surface area contributed by atoms with E-state index in [2.05, 4.69) is 0 Å². The average Bonchev–Trinajstić information content (AvgIpc) is 2.65. The van der Waals surface area contributed by atoms with Crippen LogP contribution in [0.15, 0.2) is 12.1 Å². The zero-order valence-electron chi connectivity index (χ0n) is 17.2. The van der Waals surface area contributed by atoms with Gasteiger partial charge in [-0.25, -0.2) is 22.0 Å². The number of halogens is 8. The lowest BCUT2D eigenvalue weighted by atomic mass is 9.94. The van der Waals surface area contributed by atoms with Gasteiger partial charge in [0.05, 0.1) is 0 Å². The van der Waals surface area contributed by atoms with Gasteiger partial charge in [-0.3, -0.25) is 14.4 Å². The van der Waals surface area contributed by atoms with Crippen LogP contribution in [0.1, 0.15) is 41.7 Å². The lowest BCUT2D eigenvalue weighted by Gasteiger charge is -2.14. The molecule has 178 valence electrons. The molecule has 0 amide bonds. The number of alkyl halides is 3.